The maximum atomic E-state index is 11.9. The number of amides is 1. The zero-order valence-corrected chi connectivity index (χ0v) is 19.2. The molecule has 8 heteroatoms. The summed E-state index contributed by atoms with van der Waals surface area (Å²) in [5, 5.41) is 6.00. The minimum atomic E-state index is -0.142. The Kier molecular flexibility index (Phi) is 7.02. The molecule has 33 heavy (non-hydrogen) atoms. The molecule has 1 amide bonds. The number of carbonyl (C=O) groups excluding carboxylic acids is 1. The summed E-state index contributed by atoms with van der Waals surface area (Å²) >= 11 is 0. The van der Waals surface area contributed by atoms with Crippen LogP contribution < -0.4 is 20.1 Å². The summed E-state index contributed by atoms with van der Waals surface area (Å²) in [6, 6.07) is 11.2. The fourth-order valence-corrected chi connectivity index (χ4v) is 3.49. The minimum absolute atomic E-state index is 0.127. The topological polar surface area (TPSA) is 98.3 Å². The average molecular weight is 448 g/mol. The molecule has 0 aliphatic heterocycles. The lowest BCUT2D eigenvalue weighted by Gasteiger charge is -2.17. The van der Waals surface area contributed by atoms with Gasteiger partial charge in [0.15, 0.2) is 0 Å². The minimum Gasteiger partial charge on any atom is -0.496 e. The van der Waals surface area contributed by atoms with Gasteiger partial charge in [-0.2, -0.15) is 0 Å². The van der Waals surface area contributed by atoms with Gasteiger partial charge in [0.05, 0.1) is 19.4 Å². The Hall–Kier alpha value is -3.68. The fourth-order valence-electron chi connectivity index (χ4n) is 3.49. The van der Waals surface area contributed by atoms with Gasteiger partial charge >= 0.3 is 0 Å². The van der Waals surface area contributed by atoms with Crippen LogP contribution in [-0.4, -0.2) is 48.2 Å². The Bertz CT molecular complexity index is 1100. The Balaban J connectivity index is 1.39. The molecule has 8 nitrogen and oxygen atoms in total. The number of methoxy groups -OCH3 is 1. The van der Waals surface area contributed by atoms with Crippen molar-refractivity contribution in [3.63, 3.8) is 0 Å². The number of aromatic nitrogens is 3. The number of nitrogens with zero attached hydrogens (tertiary/aromatic N) is 3. The molecule has 1 atom stereocenters. The molecule has 1 unspecified atom stereocenters. The highest BCUT2D eigenvalue weighted by Crippen LogP contribution is 2.30. The second kappa shape index (κ2) is 10.3. The number of rotatable bonds is 10. The van der Waals surface area contributed by atoms with Gasteiger partial charge in [-0.25, -0.2) is 15.0 Å². The lowest BCUT2D eigenvalue weighted by Crippen LogP contribution is -2.18. The normalized spacial score (nSPS) is 13.8. The predicted molar refractivity (Wildman–Crippen MR) is 127 cm³/mol. The number of anilines is 1. The van der Waals surface area contributed by atoms with E-state index in [0.29, 0.717) is 29.7 Å². The van der Waals surface area contributed by atoms with Crippen molar-refractivity contribution in [2.45, 2.75) is 25.7 Å². The largest absolute Gasteiger partial charge is 0.496 e. The van der Waals surface area contributed by atoms with E-state index in [2.05, 4.69) is 32.5 Å². The third-order valence-corrected chi connectivity index (χ3v) is 5.71. The molecule has 2 aromatic heterocycles. The van der Waals surface area contributed by atoms with Gasteiger partial charge < -0.3 is 20.1 Å². The Morgan fingerprint density at radius 2 is 2.00 bits per heavy atom. The van der Waals surface area contributed by atoms with Crippen molar-refractivity contribution in [2.75, 3.05) is 32.6 Å². The van der Waals surface area contributed by atoms with Crippen LogP contribution in [0.5, 0.6) is 11.6 Å². The van der Waals surface area contributed by atoms with Crippen molar-refractivity contribution in [1.29, 1.82) is 0 Å². The van der Waals surface area contributed by atoms with Crippen LogP contribution in [0.3, 0.4) is 0 Å². The van der Waals surface area contributed by atoms with Crippen LogP contribution in [0, 0.1) is 5.92 Å². The molecule has 1 saturated carbocycles. The summed E-state index contributed by atoms with van der Waals surface area (Å²) in [6.07, 6.45) is 5.82. The predicted octanol–water partition coefficient (Wildman–Crippen LogP) is 3.91. The van der Waals surface area contributed by atoms with E-state index < -0.39 is 0 Å². The summed E-state index contributed by atoms with van der Waals surface area (Å²) < 4.78 is 11.2. The third-order valence-electron chi connectivity index (χ3n) is 5.71. The van der Waals surface area contributed by atoms with E-state index in [4.69, 9.17) is 9.47 Å². The number of pyridine rings is 1. The molecule has 1 aliphatic rings. The van der Waals surface area contributed by atoms with E-state index in [1.165, 1.54) is 12.8 Å². The maximum absolute atomic E-state index is 11.9. The van der Waals surface area contributed by atoms with Gasteiger partial charge in [-0.05, 0) is 42.5 Å². The number of carbonyl (C=O) groups is 1. The van der Waals surface area contributed by atoms with Gasteiger partial charge in [0, 0.05) is 49.0 Å². The maximum Gasteiger partial charge on any atom is 0.251 e. The molecule has 1 aromatic carbocycles. The molecule has 0 spiro atoms. The zero-order valence-electron chi connectivity index (χ0n) is 19.2. The zero-order chi connectivity index (χ0) is 23.2. The summed E-state index contributed by atoms with van der Waals surface area (Å²) in [4.78, 5) is 25.0. The molecule has 1 fully saturated rings. The SMILES string of the molecule is CNC(=O)c1ccc(C(C)CNc2cc(-c3ccc(OCC4CC4)nc3)ncn2)c(OC)c1. The van der Waals surface area contributed by atoms with Crippen LogP contribution in [0.1, 0.15) is 41.6 Å². The number of nitrogens with one attached hydrogen (secondary N) is 2. The molecule has 1 aliphatic carbocycles. The second-order valence-electron chi connectivity index (χ2n) is 8.25. The van der Waals surface area contributed by atoms with Crippen LogP contribution in [0.4, 0.5) is 5.82 Å². The van der Waals surface area contributed by atoms with Crippen LogP contribution in [0.15, 0.2) is 48.9 Å². The van der Waals surface area contributed by atoms with Crippen molar-refractivity contribution < 1.29 is 14.3 Å². The highest BCUT2D eigenvalue weighted by atomic mass is 16.5. The summed E-state index contributed by atoms with van der Waals surface area (Å²) in [7, 11) is 3.22. The molecule has 3 aromatic rings. The lowest BCUT2D eigenvalue weighted by atomic mass is 9.98. The molecular weight excluding hydrogens is 418 g/mol. The second-order valence-corrected chi connectivity index (χ2v) is 8.25. The van der Waals surface area contributed by atoms with E-state index >= 15 is 0 Å². The third kappa shape index (κ3) is 5.77. The Labute approximate surface area is 193 Å². The highest BCUT2D eigenvalue weighted by Gasteiger charge is 2.22. The monoisotopic (exact) mass is 447 g/mol. The molecule has 2 heterocycles. The molecular formula is C25H29N5O3. The molecule has 4 rings (SSSR count). The quantitative estimate of drug-likeness (QED) is 0.486. The summed E-state index contributed by atoms with van der Waals surface area (Å²) in [5.74, 6) is 2.73. The van der Waals surface area contributed by atoms with E-state index in [1.807, 2.05) is 24.3 Å². The van der Waals surface area contributed by atoms with Crippen molar-refractivity contribution in [3.8, 4) is 22.9 Å². The van der Waals surface area contributed by atoms with Gasteiger partial charge in [-0.15, -0.1) is 0 Å². The molecule has 2 N–H and O–H groups in total. The first-order valence-electron chi connectivity index (χ1n) is 11.1. The van der Waals surface area contributed by atoms with Crippen LogP contribution in [0.2, 0.25) is 0 Å². The van der Waals surface area contributed by atoms with Crippen molar-refractivity contribution in [1.82, 2.24) is 20.3 Å². The molecule has 0 saturated heterocycles. The van der Waals surface area contributed by atoms with Gasteiger partial charge in [-0.3, -0.25) is 4.79 Å². The van der Waals surface area contributed by atoms with Crippen molar-refractivity contribution >= 4 is 11.7 Å². The molecule has 172 valence electrons. The molecule has 0 radical (unpaired) electrons. The molecule has 0 bridgehead atoms. The van der Waals surface area contributed by atoms with E-state index in [1.54, 1.807) is 38.8 Å². The first-order chi connectivity index (χ1) is 16.1. The van der Waals surface area contributed by atoms with E-state index in [9.17, 15) is 4.79 Å². The lowest BCUT2D eigenvalue weighted by molar-refractivity contribution is 0.0962. The Morgan fingerprint density at radius 1 is 1.15 bits per heavy atom. The number of hydrogen-bond donors (Lipinski definition) is 2. The van der Waals surface area contributed by atoms with Crippen LogP contribution in [0.25, 0.3) is 11.3 Å². The highest BCUT2D eigenvalue weighted by molar-refractivity contribution is 5.94. The van der Waals surface area contributed by atoms with Crippen molar-refractivity contribution in [3.05, 3.63) is 60.0 Å². The Morgan fingerprint density at radius 3 is 2.70 bits per heavy atom. The number of ether oxygens (including phenoxy) is 2. The van der Waals surface area contributed by atoms with Crippen LogP contribution in [-0.2, 0) is 0 Å². The van der Waals surface area contributed by atoms with E-state index in [-0.39, 0.29) is 11.8 Å². The first kappa shape index (κ1) is 22.5. The number of hydrogen-bond acceptors (Lipinski definition) is 7. The average Bonchev–Trinajstić information content (AvgIpc) is 3.70. The number of benzene rings is 1. The van der Waals surface area contributed by atoms with Gasteiger partial charge in [0.2, 0.25) is 5.88 Å². The first-order valence-corrected chi connectivity index (χ1v) is 11.1. The smallest absolute Gasteiger partial charge is 0.251 e. The van der Waals surface area contributed by atoms with Gasteiger partial charge in [-0.1, -0.05) is 13.0 Å². The van der Waals surface area contributed by atoms with Gasteiger partial charge in [0.1, 0.15) is 17.9 Å². The summed E-state index contributed by atoms with van der Waals surface area (Å²) in [6.45, 7) is 3.47. The summed E-state index contributed by atoms with van der Waals surface area (Å²) in [5.41, 5.74) is 3.27. The fraction of sp³-hybridized carbons (Fsp3) is 0.360. The van der Waals surface area contributed by atoms with Crippen LogP contribution >= 0.6 is 0 Å². The van der Waals surface area contributed by atoms with Gasteiger partial charge in [0.25, 0.3) is 5.91 Å². The van der Waals surface area contributed by atoms with E-state index in [0.717, 1.165) is 29.2 Å². The van der Waals surface area contributed by atoms with Crippen molar-refractivity contribution in [2.24, 2.45) is 5.92 Å². The standard InChI is InChI=1S/C25H29N5O3/c1-16(20-8-6-18(25(31)26-2)10-22(20)32-3)12-27-23-11-21(29-15-30-23)19-7-9-24(28-13-19)33-14-17-4-5-17/h6-11,13,15-17H,4-5,12,14H2,1-3H3,(H,26,31)(H,27,29,30).